The number of rotatable bonds is 9. The zero-order valence-corrected chi connectivity index (χ0v) is 13.3. The fourth-order valence-corrected chi connectivity index (χ4v) is 2.67. The summed E-state index contributed by atoms with van der Waals surface area (Å²) in [6, 6.07) is 4.53. The zero-order chi connectivity index (χ0) is 14.4. The number of hydrogen-bond donors (Lipinski definition) is 1. The number of hydrogen-bond acceptors (Lipinski definition) is 3. The molecule has 0 aromatic carbocycles. The summed E-state index contributed by atoms with van der Waals surface area (Å²) in [6.07, 6.45) is 6.23. The Balaban J connectivity index is 2.20. The summed E-state index contributed by atoms with van der Waals surface area (Å²) in [6.45, 7) is 7.72. The summed E-state index contributed by atoms with van der Waals surface area (Å²) >= 11 is 0. The van der Waals surface area contributed by atoms with Crippen LogP contribution < -0.4 is 10.2 Å². The molecule has 1 N–H and O–H groups in total. The van der Waals surface area contributed by atoms with Crippen molar-refractivity contribution in [3.05, 3.63) is 23.4 Å². The van der Waals surface area contributed by atoms with Crippen LogP contribution in [0.5, 0.6) is 0 Å². The lowest BCUT2D eigenvalue weighted by Crippen LogP contribution is -2.28. The third kappa shape index (κ3) is 4.48. The van der Waals surface area contributed by atoms with Gasteiger partial charge < -0.3 is 10.2 Å². The van der Waals surface area contributed by atoms with E-state index in [1.165, 1.54) is 42.9 Å². The molecule has 1 aliphatic rings. The number of nitrogens with one attached hydrogen (secondary N) is 1. The highest BCUT2D eigenvalue weighted by Gasteiger charge is 2.24. The highest BCUT2D eigenvalue weighted by atomic mass is 15.2. The molecule has 112 valence electrons. The van der Waals surface area contributed by atoms with Crippen molar-refractivity contribution in [1.29, 1.82) is 0 Å². The predicted molar refractivity (Wildman–Crippen MR) is 86.2 cm³/mol. The van der Waals surface area contributed by atoms with Gasteiger partial charge in [-0.15, -0.1) is 0 Å². The van der Waals surface area contributed by atoms with Gasteiger partial charge in [-0.2, -0.15) is 0 Å². The smallest absolute Gasteiger partial charge is 0.129 e. The Bertz CT molecular complexity index is 388. The van der Waals surface area contributed by atoms with Crippen molar-refractivity contribution >= 4 is 5.82 Å². The quantitative estimate of drug-likeness (QED) is 0.749. The highest BCUT2D eigenvalue weighted by Crippen LogP contribution is 2.31. The van der Waals surface area contributed by atoms with Gasteiger partial charge in [0.1, 0.15) is 5.82 Å². The van der Waals surface area contributed by atoms with E-state index < -0.39 is 0 Å². The molecule has 0 radical (unpaired) electrons. The Morgan fingerprint density at radius 2 is 2.05 bits per heavy atom. The average Bonchev–Trinajstić information content (AvgIpc) is 3.23. The van der Waals surface area contributed by atoms with Crippen LogP contribution in [0.2, 0.25) is 0 Å². The van der Waals surface area contributed by atoms with Crippen molar-refractivity contribution in [2.45, 2.75) is 52.5 Å². The Morgan fingerprint density at radius 3 is 2.65 bits per heavy atom. The van der Waals surface area contributed by atoms with Gasteiger partial charge in [0.15, 0.2) is 0 Å². The molecule has 1 aromatic heterocycles. The summed E-state index contributed by atoms with van der Waals surface area (Å²) in [5.41, 5.74) is 2.60. The highest BCUT2D eigenvalue weighted by molar-refractivity contribution is 5.43. The molecular weight excluding hydrogens is 246 g/mol. The van der Waals surface area contributed by atoms with Crippen LogP contribution in [-0.4, -0.2) is 25.1 Å². The normalized spacial score (nSPS) is 14.6. The monoisotopic (exact) mass is 275 g/mol. The number of pyridine rings is 1. The predicted octanol–water partition coefficient (Wildman–Crippen LogP) is 3.38. The third-order valence-electron chi connectivity index (χ3n) is 3.80. The molecule has 0 atom stereocenters. The second-order valence-electron chi connectivity index (χ2n) is 5.99. The molecule has 0 aliphatic heterocycles. The van der Waals surface area contributed by atoms with E-state index in [1.807, 2.05) is 7.05 Å². The average molecular weight is 275 g/mol. The fourth-order valence-electron chi connectivity index (χ4n) is 2.67. The standard InChI is InChI=1S/C17H29N3/c1-4-6-16-10-15(12-18-3)11-17(19-16)20(9-5-2)13-14-7-8-14/h10-11,14,18H,4-9,12-13H2,1-3H3. The maximum Gasteiger partial charge on any atom is 0.129 e. The van der Waals surface area contributed by atoms with Crippen molar-refractivity contribution in [1.82, 2.24) is 10.3 Å². The van der Waals surface area contributed by atoms with Crippen LogP contribution in [0.3, 0.4) is 0 Å². The van der Waals surface area contributed by atoms with Crippen molar-refractivity contribution in [3.8, 4) is 0 Å². The summed E-state index contributed by atoms with van der Waals surface area (Å²) < 4.78 is 0. The van der Waals surface area contributed by atoms with Crippen LogP contribution in [0, 0.1) is 5.92 Å². The Hall–Kier alpha value is -1.09. The first kappa shape index (κ1) is 15.3. The molecule has 1 fully saturated rings. The Morgan fingerprint density at radius 1 is 1.25 bits per heavy atom. The summed E-state index contributed by atoms with van der Waals surface area (Å²) in [7, 11) is 2.01. The summed E-state index contributed by atoms with van der Waals surface area (Å²) in [5, 5.41) is 3.26. The first-order chi connectivity index (χ1) is 9.76. The minimum Gasteiger partial charge on any atom is -0.356 e. The lowest BCUT2D eigenvalue weighted by atomic mass is 10.1. The van der Waals surface area contributed by atoms with Crippen LogP contribution in [0.25, 0.3) is 0 Å². The van der Waals surface area contributed by atoms with E-state index in [2.05, 4.69) is 36.2 Å². The van der Waals surface area contributed by atoms with Crippen molar-refractivity contribution in [2.24, 2.45) is 5.92 Å². The number of aryl methyl sites for hydroxylation is 1. The van der Waals surface area contributed by atoms with Gasteiger partial charge in [-0.3, -0.25) is 0 Å². The molecule has 0 spiro atoms. The molecule has 0 amide bonds. The minimum absolute atomic E-state index is 0.908. The van der Waals surface area contributed by atoms with Gasteiger partial charge in [-0.1, -0.05) is 20.3 Å². The SMILES string of the molecule is CCCc1cc(CNC)cc(N(CCC)CC2CC2)n1. The summed E-state index contributed by atoms with van der Waals surface area (Å²) in [5.74, 6) is 2.10. The topological polar surface area (TPSA) is 28.2 Å². The molecule has 0 unspecified atom stereocenters. The lowest BCUT2D eigenvalue weighted by Gasteiger charge is -2.24. The first-order valence-corrected chi connectivity index (χ1v) is 8.16. The van der Waals surface area contributed by atoms with E-state index in [0.717, 1.165) is 31.8 Å². The largest absolute Gasteiger partial charge is 0.356 e. The van der Waals surface area contributed by atoms with Gasteiger partial charge in [0.05, 0.1) is 0 Å². The van der Waals surface area contributed by atoms with Crippen LogP contribution in [0.4, 0.5) is 5.82 Å². The first-order valence-electron chi connectivity index (χ1n) is 8.16. The maximum absolute atomic E-state index is 4.90. The van der Waals surface area contributed by atoms with Gasteiger partial charge in [-0.25, -0.2) is 4.98 Å². The fraction of sp³-hybridized carbons (Fsp3) is 0.706. The second-order valence-corrected chi connectivity index (χ2v) is 5.99. The van der Waals surface area contributed by atoms with E-state index in [1.54, 1.807) is 0 Å². The molecule has 0 saturated heterocycles. The number of anilines is 1. The van der Waals surface area contributed by atoms with Crippen LogP contribution >= 0.6 is 0 Å². The van der Waals surface area contributed by atoms with Gasteiger partial charge in [-0.05, 0) is 56.3 Å². The molecule has 0 bridgehead atoms. The van der Waals surface area contributed by atoms with E-state index >= 15 is 0 Å². The summed E-state index contributed by atoms with van der Waals surface area (Å²) in [4.78, 5) is 7.40. The Labute approximate surface area is 123 Å². The molecule has 2 rings (SSSR count). The van der Waals surface area contributed by atoms with E-state index in [4.69, 9.17) is 4.98 Å². The number of nitrogens with zero attached hydrogens (tertiary/aromatic N) is 2. The molecule has 1 saturated carbocycles. The van der Waals surface area contributed by atoms with E-state index in [-0.39, 0.29) is 0 Å². The number of aromatic nitrogens is 1. The van der Waals surface area contributed by atoms with Crippen molar-refractivity contribution < 1.29 is 0 Å². The third-order valence-corrected chi connectivity index (χ3v) is 3.80. The van der Waals surface area contributed by atoms with E-state index in [0.29, 0.717) is 0 Å². The molecule has 20 heavy (non-hydrogen) atoms. The second kappa shape index (κ2) is 7.63. The van der Waals surface area contributed by atoms with Crippen LogP contribution in [0.15, 0.2) is 12.1 Å². The molecule has 1 aliphatic carbocycles. The van der Waals surface area contributed by atoms with E-state index in [9.17, 15) is 0 Å². The maximum atomic E-state index is 4.90. The molecule has 1 heterocycles. The molecular formula is C17H29N3. The molecule has 3 nitrogen and oxygen atoms in total. The van der Waals surface area contributed by atoms with Crippen LogP contribution in [-0.2, 0) is 13.0 Å². The zero-order valence-electron chi connectivity index (χ0n) is 13.3. The van der Waals surface area contributed by atoms with Gasteiger partial charge in [0.25, 0.3) is 0 Å². The Kier molecular flexibility index (Phi) is 5.84. The van der Waals surface area contributed by atoms with Gasteiger partial charge in [0, 0.05) is 25.3 Å². The minimum atomic E-state index is 0.908. The van der Waals surface area contributed by atoms with Crippen molar-refractivity contribution in [2.75, 3.05) is 25.0 Å². The van der Waals surface area contributed by atoms with Crippen molar-refractivity contribution in [3.63, 3.8) is 0 Å². The van der Waals surface area contributed by atoms with Gasteiger partial charge in [0.2, 0.25) is 0 Å². The van der Waals surface area contributed by atoms with Gasteiger partial charge >= 0.3 is 0 Å². The lowest BCUT2D eigenvalue weighted by molar-refractivity contribution is 0.693. The van der Waals surface area contributed by atoms with Crippen LogP contribution in [0.1, 0.15) is 50.8 Å². The molecule has 3 heteroatoms. The molecule has 1 aromatic rings.